The number of benzene rings is 1. The highest BCUT2D eigenvalue weighted by Crippen LogP contribution is 2.29. The standard InChI is InChI=1S/C14H13N3O2/c15-13-12(7-18)14(17-8-16-13)19-11-5-4-9-2-1-3-10(9)6-11/h4-8H,1-3H2,(H2,15,16,17). The number of nitrogen functional groups attached to an aromatic ring is 1. The van der Waals surface area contributed by atoms with Gasteiger partial charge in [-0.3, -0.25) is 4.79 Å². The Hall–Kier alpha value is -2.43. The van der Waals surface area contributed by atoms with Crippen molar-refractivity contribution in [2.45, 2.75) is 19.3 Å². The molecular formula is C14H13N3O2. The lowest BCUT2D eigenvalue weighted by atomic mass is 10.1. The summed E-state index contributed by atoms with van der Waals surface area (Å²) >= 11 is 0. The van der Waals surface area contributed by atoms with Crippen LogP contribution in [0.3, 0.4) is 0 Å². The number of carbonyl (C=O) groups excluding carboxylic acids is 1. The number of rotatable bonds is 3. The Kier molecular flexibility index (Phi) is 2.87. The van der Waals surface area contributed by atoms with Crippen LogP contribution < -0.4 is 10.5 Å². The first-order chi connectivity index (χ1) is 9.28. The van der Waals surface area contributed by atoms with Crippen molar-refractivity contribution in [2.75, 3.05) is 5.73 Å². The van der Waals surface area contributed by atoms with Crippen LogP contribution in [0.25, 0.3) is 0 Å². The summed E-state index contributed by atoms with van der Waals surface area (Å²) in [6.07, 6.45) is 5.26. The van der Waals surface area contributed by atoms with E-state index < -0.39 is 0 Å². The lowest BCUT2D eigenvalue weighted by molar-refractivity contribution is 0.112. The van der Waals surface area contributed by atoms with Crippen molar-refractivity contribution < 1.29 is 9.53 Å². The van der Waals surface area contributed by atoms with E-state index in [1.165, 1.54) is 23.9 Å². The van der Waals surface area contributed by atoms with Gasteiger partial charge in [-0.1, -0.05) is 6.07 Å². The maximum atomic E-state index is 11.0. The van der Waals surface area contributed by atoms with E-state index in [-0.39, 0.29) is 17.3 Å². The van der Waals surface area contributed by atoms with E-state index >= 15 is 0 Å². The van der Waals surface area contributed by atoms with Crippen molar-refractivity contribution in [3.63, 3.8) is 0 Å². The third-order valence-electron chi connectivity index (χ3n) is 3.28. The molecule has 0 unspecified atom stereocenters. The number of aldehydes is 1. The maximum absolute atomic E-state index is 11.0. The molecule has 2 aromatic rings. The van der Waals surface area contributed by atoms with Crippen LogP contribution in [-0.2, 0) is 12.8 Å². The summed E-state index contributed by atoms with van der Waals surface area (Å²) in [4.78, 5) is 18.7. The molecule has 19 heavy (non-hydrogen) atoms. The third-order valence-corrected chi connectivity index (χ3v) is 3.28. The molecule has 0 fully saturated rings. The zero-order valence-electron chi connectivity index (χ0n) is 10.3. The van der Waals surface area contributed by atoms with E-state index in [1.54, 1.807) is 0 Å². The minimum atomic E-state index is 0.126. The van der Waals surface area contributed by atoms with E-state index in [0.717, 1.165) is 12.8 Å². The molecule has 0 saturated carbocycles. The fourth-order valence-corrected chi connectivity index (χ4v) is 2.31. The van der Waals surface area contributed by atoms with Gasteiger partial charge >= 0.3 is 0 Å². The lowest BCUT2D eigenvalue weighted by Gasteiger charge is -2.09. The first kappa shape index (κ1) is 11.6. The molecule has 0 radical (unpaired) electrons. The predicted molar refractivity (Wildman–Crippen MR) is 70.4 cm³/mol. The molecule has 2 N–H and O–H groups in total. The number of aryl methyl sites for hydroxylation is 2. The van der Waals surface area contributed by atoms with Gasteiger partial charge in [-0.15, -0.1) is 0 Å². The first-order valence-electron chi connectivity index (χ1n) is 6.13. The van der Waals surface area contributed by atoms with Crippen molar-refractivity contribution in [1.29, 1.82) is 0 Å². The van der Waals surface area contributed by atoms with Crippen LogP contribution in [0.2, 0.25) is 0 Å². The van der Waals surface area contributed by atoms with E-state index in [2.05, 4.69) is 16.0 Å². The predicted octanol–water partition coefficient (Wildman–Crippen LogP) is 2.15. The highest BCUT2D eigenvalue weighted by molar-refractivity contribution is 5.84. The summed E-state index contributed by atoms with van der Waals surface area (Å²) in [5.74, 6) is 0.989. The summed E-state index contributed by atoms with van der Waals surface area (Å²) in [6.45, 7) is 0. The molecule has 1 aliphatic carbocycles. The van der Waals surface area contributed by atoms with Gasteiger partial charge in [0, 0.05) is 0 Å². The van der Waals surface area contributed by atoms with Crippen LogP contribution in [0.5, 0.6) is 11.6 Å². The zero-order chi connectivity index (χ0) is 13.2. The van der Waals surface area contributed by atoms with Crippen molar-refractivity contribution in [3.8, 4) is 11.6 Å². The Morgan fingerprint density at radius 1 is 1.21 bits per heavy atom. The molecule has 0 bridgehead atoms. The van der Waals surface area contributed by atoms with Gasteiger partial charge in [-0.2, -0.15) is 0 Å². The van der Waals surface area contributed by atoms with Crippen LogP contribution in [0.15, 0.2) is 24.5 Å². The number of carbonyl (C=O) groups is 1. The van der Waals surface area contributed by atoms with E-state index in [1.807, 2.05) is 12.1 Å². The number of hydrogen-bond donors (Lipinski definition) is 1. The maximum Gasteiger partial charge on any atom is 0.235 e. The van der Waals surface area contributed by atoms with Gasteiger partial charge in [0.15, 0.2) is 6.29 Å². The van der Waals surface area contributed by atoms with Gasteiger partial charge in [-0.25, -0.2) is 9.97 Å². The molecule has 0 atom stereocenters. The molecule has 5 nitrogen and oxygen atoms in total. The van der Waals surface area contributed by atoms with Gasteiger partial charge in [0.05, 0.1) is 0 Å². The molecule has 1 heterocycles. The Balaban J connectivity index is 1.93. The third kappa shape index (κ3) is 2.14. The molecular weight excluding hydrogens is 242 g/mol. The number of aromatic nitrogens is 2. The lowest BCUT2D eigenvalue weighted by Crippen LogP contribution is -2.01. The van der Waals surface area contributed by atoms with Crippen molar-refractivity contribution in [3.05, 3.63) is 41.2 Å². The Bertz CT molecular complexity index is 641. The number of hydrogen-bond acceptors (Lipinski definition) is 5. The highest BCUT2D eigenvalue weighted by atomic mass is 16.5. The average Bonchev–Trinajstić information content (AvgIpc) is 2.86. The van der Waals surface area contributed by atoms with Gasteiger partial charge < -0.3 is 10.5 Å². The molecule has 1 aromatic heterocycles. The zero-order valence-corrected chi connectivity index (χ0v) is 10.3. The number of fused-ring (bicyclic) bond motifs is 1. The van der Waals surface area contributed by atoms with E-state index in [4.69, 9.17) is 10.5 Å². The summed E-state index contributed by atoms with van der Waals surface area (Å²) in [7, 11) is 0. The van der Waals surface area contributed by atoms with Gasteiger partial charge in [0.25, 0.3) is 0 Å². The second-order valence-electron chi connectivity index (χ2n) is 4.48. The number of nitrogens with two attached hydrogens (primary N) is 1. The van der Waals surface area contributed by atoms with Gasteiger partial charge in [-0.05, 0) is 42.5 Å². The van der Waals surface area contributed by atoms with Gasteiger partial charge in [0.1, 0.15) is 23.5 Å². The normalized spacial score (nSPS) is 13.1. The number of nitrogens with zero attached hydrogens (tertiary/aromatic N) is 2. The minimum Gasteiger partial charge on any atom is -0.438 e. The second-order valence-corrected chi connectivity index (χ2v) is 4.48. The molecule has 0 aliphatic heterocycles. The molecule has 5 heteroatoms. The largest absolute Gasteiger partial charge is 0.438 e. The summed E-state index contributed by atoms with van der Waals surface area (Å²) < 4.78 is 5.64. The summed E-state index contributed by atoms with van der Waals surface area (Å²) in [5.41, 5.74) is 8.46. The first-order valence-corrected chi connectivity index (χ1v) is 6.13. The van der Waals surface area contributed by atoms with Crippen LogP contribution in [0, 0.1) is 0 Å². The van der Waals surface area contributed by atoms with Crippen LogP contribution >= 0.6 is 0 Å². The van der Waals surface area contributed by atoms with Crippen LogP contribution in [-0.4, -0.2) is 16.3 Å². The van der Waals surface area contributed by atoms with Crippen molar-refractivity contribution in [1.82, 2.24) is 9.97 Å². The SMILES string of the molecule is Nc1ncnc(Oc2ccc3c(c2)CCC3)c1C=O. The molecule has 1 aliphatic rings. The molecule has 0 spiro atoms. The summed E-state index contributed by atoms with van der Waals surface area (Å²) in [6, 6.07) is 5.94. The quantitative estimate of drug-likeness (QED) is 0.850. The second kappa shape index (κ2) is 4.68. The van der Waals surface area contributed by atoms with Crippen LogP contribution in [0.1, 0.15) is 27.9 Å². The van der Waals surface area contributed by atoms with Gasteiger partial charge in [0.2, 0.25) is 5.88 Å². The topological polar surface area (TPSA) is 78.1 Å². The number of anilines is 1. The van der Waals surface area contributed by atoms with Crippen molar-refractivity contribution >= 4 is 12.1 Å². The van der Waals surface area contributed by atoms with Crippen LogP contribution in [0.4, 0.5) is 5.82 Å². The monoisotopic (exact) mass is 255 g/mol. The molecule has 0 saturated heterocycles. The molecule has 3 rings (SSSR count). The fraction of sp³-hybridized carbons (Fsp3) is 0.214. The van der Waals surface area contributed by atoms with E-state index in [0.29, 0.717) is 12.0 Å². The number of ether oxygens (including phenoxy) is 1. The fourth-order valence-electron chi connectivity index (χ4n) is 2.31. The minimum absolute atomic E-state index is 0.126. The smallest absolute Gasteiger partial charge is 0.235 e. The van der Waals surface area contributed by atoms with Crippen molar-refractivity contribution in [2.24, 2.45) is 0 Å². The Morgan fingerprint density at radius 2 is 2.05 bits per heavy atom. The summed E-state index contributed by atoms with van der Waals surface area (Å²) in [5, 5.41) is 0. The Morgan fingerprint density at radius 3 is 2.89 bits per heavy atom. The van der Waals surface area contributed by atoms with E-state index in [9.17, 15) is 4.79 Å². The molecule has 96 valence electrons. The molecule has 0 amide bonds. The average molecular weight is 255 g/mol. The highest BCUT2D eigenvalue weighted by Gasteiger charge is 2.14. The molecule has 1 aromatic carbocycles. The Labute approximate surface area is 110 Å².